The van der Waals surface area contributed by atoms with Crippen molar-refractivity contribution in [3.63, 3.8) is 0 Å². The van der Waals surface area contributed by atoms with Gasteiger partial charge in [-0.15, -0.1) is 0 Å². The summed E-state index contributed by atoms with van der Waals surface area (Å²) >= 11 is 1.61. The molecule has 1 atom stereocenters. The van der Waals surface area contributed by atoms with Crippen molar-refractivity contribution in [1.82, 2.24) is 5.32 Å². The van der Waals surface area contributed by atoms with Gasteiger partial charge in [-0.25, -0.2) is 4.79 Å². The summed E-state index contributed by atoms with van der Waals surface area (Å²) in [5, 5.41) is 6.55. The fourth-order valence-electron chi connectivity index (χ4n) is 1.19. The monoisotopic (exact) mass is 227 g/mol. The van der Waals surface area contributed by atoms with Gasteiger partial charge in [0.15, 0.2) is 0 Å². The summed E-state index contributed by atoms with van der Waals surface area (Å²) in [4.78, 5) is 21.9. The van der Waals surface area contributed by atoms with Gasteiger partial charge in [0.25, 0.3) is 0 Å². The molecule has 0 aliphatic rings. The SMILES string of the molecule is COC(=O)C(=O)NC(C)Cc1ccsc1. The molecule has 5 heteroatoms. The van der Waals surface area contributed by atoms with Gasteiger partial charge in [-0.2, -0.15) is 11.3 Å². The first kappa shape index (κ1) is 11.7. The van der Waals surface area contributed by atoms with Crippen LogP contribution in [0.5, 0.6) is 0 Å². The summed E-state index contributed by atoms with van der Waals surface area (Å²) in [5.74, 6) is -1.55. The smallest absolute Gasteiger partial charge is 0.396 e. The Hall–Kier alpha value is -1.36. The minimum atomic E-state index is -0.854. The van der Waals surface area contributed by atoms with E-state index >= 15 is 0 Å². The maximum absolute atomic E-state index is 11.1. The first-order valence-electron chi connectivity index (χ1n) is 4.53. The number of ether oxygens (including phenoxy) is 1. The number of amides is 1. The summed E-state index contributed by atoms with van der Waals surface area (Å²) in [6, 6.07) is 1.91. The van der Waals surface area contributed by atoms with Gasteiger partial charge in [-0.3, -0.25) is 4.79 Å². The van der Waals surface area contributed by atoms with Crippen LogP contribution in [0.25, 0.3) is 0 Å². The summed E-state index contributed by atoms with van der Waals surface area (Å²) in [5.41, 5.74) is 1.15. The molecule has 1 amide bonds. The van der Waals surface area contributed by atoms with Gasteiger partial charge >= 0.3 is 11.9 Å². The second-order valence-electron chi connectivity index (χ2n) is 3.20. The Morgan fingerprint density at radius 3 is 2.87 bits per heavy atom. The standard InChI is InChI=1S/C10H13NO3S/c1-7(5-8-3-4-15-6-8)11-9(12)10(13)14-2/h3-4,6-7H,5H2,1-2H3,(H,11,12). The highest BCUT2D eigenvalue weighted by Gasteiger charge is 2.16. The lowest BCUT2D eigenvalue weighted by molar-refractivity contribution is -0.153. The van der Waals surface area contributed by atoms with Crippen LogP contribution < -0.4 is 5.32 Å². The van der Waals surface area contributed by atoms with Gasteiger partial charge < -0.3 is 10.1 Å². The van der Waals surface area contributed by atoms with Crippen molar-refractivity contribution in [2.45, 2.75) is 19.4 Å². The third kappa shape index (κ3) is 3.71. The van der Waals surface area contributed by atoms with Gasteiger partial charge in [0, 0.05) is 6.04 Å². The zero-order chi connectivity index (χ0) is 11.3. The first-order chi connectivity index (χ1) is 7.13. The molecule has 0 aliphatic carbocycles. The van der Waals surface area contributed by atoms with E-state index in [9.17, 15) is 9.59 Å². The lowest BCUT2D eigenvalue weighted by Crippen LogP contribution is -2.39. The molecule has 15 heavy (non-hydrogen) atoms. The van der Waals surface area contributed by atoms with Gasteiger partial charge in [0.05, 0.1) is 7.11 Å². The minimum Gasteiger partial charge on any atom is -0.462 e. The molecule has 1 aromatic heterocycles. The molecule has 1 unspecified atom stereocenters. The van der Waals surface area contributed by atoms with Crippen molar-refractivity contribution < 1.29 is 14.3 Å². The summed E-state index contributed by atoms with van der Waals surface area (Å²) in [7, 11) is 1.19. The Morgan fingerprint density at radius 2 is 2.33 bits per heavy atom. The van der Waals surface area contributed by atoms with E-state index in [4.69, 9.17) is 0 Å². The molecule has 0 spiro atoms. The van der Waals surface area contributed by atoms with E-state index in [1.54, 1.807) is 11.3 Å². The van der Waals surface area contributed by atoms with E-state index in [-0.39, 0.29) is 6.04 Å². The van der Waals surface area contributed by atoms with Gasteiger partial charge in [0.2, 0.25) is 0 Å². The average Bonchev–Trinajstić information content (AvgIpc) is 2.68. The van der Waals surface area contributed by atoms with Crippen LogP contribution in [0.15, 0.2) is 16.8 Å². The van der Waals surface area contributed by atoms with Crippen molar-refractivity contribution in [2.24, 2.45) is 0 Å². The number of hydrogen-bond acceptors (Lipinski definition) is 4. The van der Waals surface area contributed by atoms with E-state index in [1.165, 1.54) is 7.11 Å². The number of thiophene rings is 1. The molecule has 0 bridgehead atoms. The van der Waals surface area contributed by atoms with Crippen LogP contribution in [0.1, 0.15) is 12.5 Å². The number of carbonyl (C=O) groups is 2. The van der Waals surface area contributed by atoms with Gasteiger partial charge in [-0.05, 0) is 35.7 Å². The number of esters is 1. The van der Waals surface area contributed by atoms with Crippen LogP contribution in [0.3, 0.4) is 0 Å². The van der Waals surface area contributed by atoms with Crippen LogP contribution in [0.4, 0.5) is 0 Å². The normalized spacial score (nSPS) is 11.9. The Balaban J connectivity index is 2.39. The average molecular weight is 227 g/mol. The van der Waals surface area contributed by atoms with E-state index in [1.807, 2.05) is 23.8 Å². The molecular formula is C10H13NO3S. The van der Waals surface area contributed by atoms with Crippen molar-refractivity contribution in [2.75, 3.05) is 7.11 Å². The summed E-state index contributed by atoms with van der Waals surface area (Å²) in [6.07, 6.45) is 0.715. The molecular weight excluding hydrogens is 214 g/mol. The molecule has 1 aromatic rings. The highest BCUT2D eigenvalue weighted by Crippen LogP contribution is 2.08. The van der Waals surface area contributed by atoms with E-state index < -0.39 is 11.9 Å². The second kappa shape index (κ2) is 5.50. The van der Waals surface area contributed by atoms with Crippen LogP contribution in [-0.4, -0.2) is 25.0 Å². The molecule has 0 fully saturated rings. The first-order valence-corrected chi connectivity index (χ1v) is 5.47. The zero-order valence-electron chi connectivity index (χ0n) is 8.65. The molecule has 1 heterocycles. The molecule has 0 aliphatic heterocycles. The predicted octanol–water partition coefficient (Wildman–Crippen LogP) is 0.968. The molecule has 1 rings (SSSR count). The highest BCUT2D eigenvalue weighted by molar-refractivity contribution is 7.07. The van der Waals surface area contributed by atoms with E-state index in [0.29, 0.717) is 6.42 Å². The van der Waals surface area contributed by atoms with Crippen molar-refractivity contribution in [1.29, 1.82) is 0 Å². The maximum atomic E-state index is 11.1. The van der Waals surface area contributed by atoms with Crippen molar-refractivity contribution in [3.8, 4) is 0 Å². The van der Waals surface area contributed by atoms with E-state index in [0.717, 1.165) is 5.56 Å². The van der Waals surface area contributed by atoms with Crippen LogP contribution >= 0.6 is 11.3 Å². The van der Waals surface area contributed by atoms with Crippen molar-refractivity contribution >= 4 is 23.2 Å². The minimum absolute atomic E-state index is 0.0776. The Morgan fingerprint density at radius 1 is 1.60 bits per heavy atom. The van der Waals surface area contributed by atoms with Crippen LogP contribution in [-0.2, 0) is 20.7 Å². The summed E-state index contributed by atoms with van der Waals surface area (Å²) in [6.45, 7) is 1.85. The van der Waals surface area contributed by atoms with Gasteiger partial charge in [-0.1, -0.05) is 0 Å². The Bertz CT molecular complexity index is 334. The van der Waals surface area contributed by atoms with Crippen LogP contribution in [0, 0.1) is 0 Å². The number of rotatable bonds is 3. The third-order valence-corrected chi connectivity index (χ3v) is 2.60. The lowest BCUT2D eigenvalue weighted by Gasteiger charge is -2.11. The largest absolute Gasteiger partial charge is 0.462 e. The molecule has 0 radical (unpaired) electrons. The topological polar surface area (TPSA) is 55.4 Å². The number of nitrogens with one attached hydrogen (secondary N) is 1. The molecule has 1 N–H and O–H groups in total. The molecule has 0 saturated heterocycles. The zero-order valence-corrected chi connectivity index (χ0v) is 9.47. The molecule has 0 aromatic carbocycles. The quantitative estimate of drug-likeness (QED) is 0.618. The Labute approximate surface area is 92.2 Å². The fourth-order valence-corrected chi connectivity index (χ4v) is 1.87. The second-order valence-corrected chi connectivity index (χ2v) is 3.98. The predicted molar refractivity (Wildman–Crippen MR) is 57.6 cm³/mol. The number of carbonyl (C=O) groups excluding carboxylic acids is 2. The molecule has 82 valence electrons. The Kier molecular flexibility index (Phi) is 4.30. The van der Waals surface area contributed by atoms with Gasteiger partial charge in [0.1, 0.15) is 0 Å². The van der Waals surface area contributed by atoms with Crippen molar-refractivity contribution in [3.05, 3.63) is 22.4 Å². The fraction of sp³-hybridized carbons (Fsp3) is 0.400. The summed E-state index contributed by atoms with van der Waals surface area (Å²) < 4.78 is 4.30. The number of methoxy groups -OCH3 is 1. The highest BCUT2D eigenvalue weighted by atomic mass is 32.1. The lowest BCUT2D eigenvalue weighted by atomic mass is 10.1. The maximum Gasteiger partial charge on any atom is 0.396 e. The van der Waals surface area contributed by atoms with Crippen LogP contribution in [0.2, 0.25) is 0 Å². The molecule has 4 nitrogen and oxygen atoms in total. The number of hydrogen-bond donors (Lipinski definition) is 1. The molecule has 0 saturated carbocycles. The van der Waals surface area contributed by atoms with E-state index in [2.05, 4.69) is 10.1 Å². The third-order valence-electron chi connectivity index (χ3n) is 1.87.